The van der Waals surface area contributed by atoms with Crippen LogP contribution in [0.1, 0.15) is 18.7 Å². The van der Waals surface area contributed by atoms with Crippen LogP contribution in [0.15, 0.2) is 76.7 Å². The molecular weight excluding hydrogens is 456 g/mol. The van der Waals surface area contributed by atoms with Crippen LogP contribution < -0.4 is 22.2 Å². The molecule has 178 valence electrons. The number of aromatic nitrogens is 4. The van der Waals surface area contributed by atoms with E-state index in [1.807, 2.05) is 36.4 Å². The number of hydrogen-bond donors (Lipinski definition) is 4. The molecular formula is C27H22N6O3. The Hall–Kier alpha value is -5.23. The number of H-pyrrole nitrogens is 2. The molecule has 4 heterocycles. The standard InChI is InChI=1S/C26H18N6O3.CH4/c27-21(33)8-5-17-13-31-26(35)23-20-11-15(16-6-9-22(34)29-12-16)4-7-19(20)25(32-24(17)23)30-14-18-3-1-2-10-28-18;/h1-4,6-7,9-13H,14H2,(H2,27,33)(H,29,34)(H,30,32)(H,31,35);1H4. The summed E-state index contributed by atoms with van der Waals surface area (Å²) < 4.78 is 0. The molecule has 5 N–H and O–H groups in total. The van der Waals surface area contributed by atoms with Gasteiger partial charge in [0.15, 0.2) is 0 Å². The van der Waals surface area contributed by atoms with Crippen LogP contribution in [0.5, 0.6) is 0 Å². The van der Waals surface area contributed by atoms with Crippen LogP contribution in [0.3, 0.4) is 0 Å². The summed E-state index contributed by atoms with van der Waals surface area (Å²) in [5.41, 5.74) is 7.71. The van der Waals surface area contributed by atoms with Gasteiger partial charge in [0, 0.05) is 41.3 Å². The third-order valence-electron chi connectivity index (χ3n) is 5.44. The molecule has 1 aromatic carbocycles. The van der Waals surface area contributed by atoms with Gasteiger partial charge in [0.25, 0.3) is 11.5 Å². The van der Waals surface area contributed by atoms with Crippen molar-refractivity contribution >= 4 is 33.4 Å². The minimum absolute atomic E-state index is 0. The average molecular weight is 479 g/mol. The highest BCUT2D eigenvalue weighted by Crippen LogP contribution is 2.32. The monoisotopic (exact) mass is 478 g/mol. The van der Waals surface area contributed by atoms with E-state index in [1.54, 1.807) is 18.5 Å². The van der Waals surface area contributed by atoms with Gasteiger partial charge < -0.3 is 21.0 Å². The SMILES string of the molecule is C.NC(=O)C#Cc1c[nH]c(=O)c2c1nc(NCc1ccccn1)c1ccc(-c3ccc(=O)[nH]c3)cc12. The van der Waals surface area contributed by atoms with Crippen molar-refractivity contribution < 1.29 is 4.79 Å². The Bertz CT molecular complexity index is 1760. The van der Waals surface area contributed by atoms with E-state index >= 15 is 0 Å². The Kier molecular flexibility index (Phi) is 6.61. The molecule has 0 saturated heterocycles. The Balaban J connectivity index is 0.00000304. The van der Waals surface area contributed by atoms with Crippen molar-refractivity contribution in [3.63, 3.8) is 0 Å². The number of aromatic amines is 2. The first-order valence-electron chi connectivity index (χ1n) is 10.6. The van der Waals surface area contributed by atoms with Gasteiger partial charge in [-0.15, -0.1) is 0 Å². The maximum atomic E-state index is 13.0. The van der Waals surface area contributed by atoms with Gasteiger partial charge in [-0.2, -0.15) is 0 Å². The fourth-order valence-electron chi connectivity index (χ4n) is 3.82. The summed E-state index contributed by atoms with van der Waals surface area (Å²) in [6.45, 7) is 0.404. The van der Waals surface area contributed by atoms with Gasteiger partial charge >= 0.3 is 0 Å². The topological polar surface area (TPSA) is 147 Å². The van der Waals surface area contributed by atoms with Crippen LogP contribution in [0, 0.1) is 11.8 Å². The van der Waals surface area contributed by atoms with E-state index in [-0.39, 0.29) is 18.5 Å². The van der Waals surface area contributed by atoms with Crippen molar-refractivity contribution in [3.05, 3.63) is 99.1 Å². The highest BCUT2D eigenvalue weighted by atomic mass is 16.1. The minimum Gasteiger partial charge on any atom is -0.364 e. The summed E-state index contributed by atoms with van der Waals surface area (Å²) >= 11 is 0. The van der Waals surface area contributed by atoms with Crippen molar-refractivity contribution in [2.24, 2.45) is 5.73 Å². The minimum atomic E-state index is -0.793. The van der Waals surface area contributed by atoms with Gasteiger partial charge in [-0.05, 0) is 35.4 Å². The second kappa shape index (κ2) is 9.95. The predicted molar refractivity (Wildman–Crippen MR) is 140 cm³/mol. The molecule has 9 nitrogen and oxygen atoms in total. The zero-order valence-electron chi connectivity index (χ0n) is 18.3. The fraction of sp³-hybridized carbons (Fsp3) is 0.0741. The van der Waals surface area contributed by atoms with E-state index in [2.05, 4.69) is 32.1 Å². The molecule has 4 aromatic heterocycles. The zero-order valence-corrected chi connectivity index (χ0v) is 18.3. The Morgan fingerprint density at radius 2 is 1.83 bits per heavy atom. The summed E-state index contributed by atoms with van der Waals surface area (Å²) in [5, 5.41) is 4.97. The van der Waals surface area contributed by atoms with Crippen molar-refractivity contribution in [3.8, 4) is 23.0 Å². The van der Waals surface area contributed by atoms with E-state index in [0.29, 0.717) is 39.6 Å². The van der Waals surface area contributed by atoms with Crippen molar-refractivity contribution in [2.45, 2.75) is 14.0 Å². The molecule has 0 spiro atoms. The van der Waals surface area contributed by atoms with Crippen LogP contribution in [0.25, 0.3) is 32.8 Å². The second-order valence-electron chi connectivity index (χ2n) is 7.71. The van der Waals surface area contributed by atoms with Crippen LogP contribution in [-0.2, 0) is 11.3 Å². The highest BCUT2D eigenvalue weighted by Gasteiger charge is 2.15. The van der Waals surface area contributed by atoms with E-state index in [9.17, 15) is 14.4 Å². The molecule has 1 amide bonds. The highest BCUT2D eigenvalue weighted by molar-refractivity contribution is 6.12. The molecule has 0 aliphatic heterocycles. The first-order valence-corrected chi connectivity index (χ1v) is 10.6. The number of anilines is 1. The van der Waals surface area contributed by atoms with Gasteiger partial charge in [0.2, 0.25) is 5.56 Å². The molecule has 36 heavy (non-hydrogen) atoms. The van der Waals surface area contributed by atoms with Gasteiger partial charge in [0.05, 0.1) is 28.7 Å². The maximum absolute atomic E-state index is 13.0. The number of nitrogens with two attached hydrogens (primary N) is 1. The lowest BCUT2D eigenvalue weighted by Gasteiger charge is -2.13. The first kappa shape index (κ1) is 23.9. The number of carbonyl (C=O) groups is 1. The van der Waals surface area contributed by atoms with Gasteiger partial charge in [-0.25, -0.2) is 4.98 Å². The fourth-order valence-corrected chi connectivity index (χ4v) is 3.82. The van der Waals surface area contributed by atoms with E-state index in [1.165, 1.54) is 12.3 Å². The number of nitrogens with zero attached hydrogens (tertiary/aromatic N) is 2. The Morgan fingerprint density at radius 1 is 1.00 bits per heavy atom. The summed E-state index contributed by atoms with van der Waals surface area (Å²) in [7, 11) is 0. The molecule has 5 aromatic rings. The predicted octanol–water partition coefficient (Wildman–Crippen LogP) is 2.91. The average Bonchev–Trinajstić information content (AvgIpc) is 2.87. The quantitative estimate of drug-likeness (QED) is 0.231. The summed E-state index contributed by atoms with van der Waals surface area (Å²) in [6, 6.07) is 14.4. The lowest BCUT2D eigenvalue weighted by atomic mass is 9.99. The number of pyridine rings is 4. The number of hydrogen-bond acceptors (Lipinski definition) is 6. The molecule has 9 heteroatoms. The number of carbonyl (C=O) groups excluding carboxylic acids is 1. The third-order valence-corrected chi connectivity index (χ3v) is 5.44. The second-order valence-corrected chi connectivity index (χ2v) is 7.71. The molecule has 5 rings (SSSR count). The van der Waals surface area contributed by atoms with Crippen LogP contribution >= 0.6 is 0 Å². The van der Waals surface area contributed by atoms with E-state index in [0.717, 1.165) is 16.8 Å². The number of benzene rings is 1. The summed E-state index contributed by atoms with van der Waals surface area (Å²) in [5.74, 6) is 4.73. The van der Waals surface area contributed by atoms with Crippen molar-refractivity contribution in [1.82, 2.24) is 19.9 Å². The maximum Gasteiger partial charge on any atom is 0.293 e. The van der Waals surface area contributed by atoms with Gasteiger partial charge in [0.1, 0.15) is 5.82 Å². The number of amides is 1. The largest absolute Gasteiger partial charge is 0.364 e. The molecule has 0 fully saturated rings. The van der Waals surface area contributed by atoms with E-state index < -0.39 is 5.91 Å². The lowest BCUT2D eigenvalue weighted by Crippen LogP contribution is -2.11. The first-order chi connectivity index (χ1) is 17.0. The van der Waals surface area contributed by atoms with Crippen LogP contribution in [-0.4, -0.2) is 25.8 Å². The molecule has 0 aliphatic carbocycles. The summed E-state index contributed by atoms with van der Waals surface area (Å²) in [4.78, 5) is 50.1. The van der Waals surface area contributed by atoms with E-state index in [4.69, 9.17) is 10.7 Å². The Labute approximate surface area is 205 Å². The zero-order chi connectivity index (χ0) is 24.4. The molecule has 0 aliphatic rings. The van der Waals surface area contributed by atoms with Crippen LogP contribution in [0.2, 0.25) is 0 Å². The van der Waals surface area contributed by atoms with Crippen molar-refractivity contribution in [2.75, 3.05) is 5.32 Å². The molecule has 0 saturated carbocycles. The van der Waals surface area contributed by atoms with Crippen molar-refractivity contribution in [1.29, 1.82) is 0 Å². The number of primary amides is 1. The molecule has 0 bridgehead atoms. The molecule has 0 radical (unpaired) electrons. The lowest BCUT2D eigenvalue weighted by molar-refractivity contribution is -0.112. The Morgan fingerprint density at radius 3 is 2.56 bits per heavy atom. The normalized spacial score (nSPS) is 10.3. The number of fused-ring (bicyclic) bond motifs is 3. The van der Waals surface area contributed by atoms with Crippen LogP contribution in [0.4, 0.5) is 5.82 Å². The third kappa shape index (κ3) is 4.69. The molecule has 0 atom stereocenters. The van der Waals surface area contributed by atoms with Gasteiger partial charge in [-0.1, -0.05) is 31.5 Å². The van der Waals surface area contributed by atoms with Gasteiger partial charge in [-0.3, -0.25) is 19.4 Å². The smallest absolute Gasteiger partial charge is 0.293 e. The summed E-state index contributed by atoms with van der Waals surface area (Å²) in [6.07, 6.45) is 4.73. The number of rotatable bonds is 4. The number of nitrogens with one attached hydrogen (secondary N) is 3. The molecule has 0 unspecified atom stereocenters.